The van der Waals surface area contributed by atoms with E-state index in [4.69, 9.17) is 11.6 Å². The normalized spacial score (nSPS) is 15.3. The zero-order valence-electron chi connectivity index (χ0n) is 10.4. The van der Waals surface area contributed by atoms with Crippen LogP contribution in [0.5, 0.6) is 0 Å². The van der Waals surface area contributed by atoms with Gasteiger partial charge < -0.3 is 0 Å². The van der Waals surface area contributed by atoms with Crippen LogP contribution in [0.3, 0.4) is 0 Å². The predicted octanol–water partition coefficient (Wildman–Crippen LogP) is 3.30. The summed E-state index contributed by atoms with van der Waals surface area (Å²) in [6.45, 7) is 3.64. The van der Waals surface area contributed by atoms with E-state index in [0.29, 0.717) is 5.88 Å². The van der Waals surface area contributed by atoms with Gasteiger partial charge in [-0.05, 0) is 30.5 Å². The standard InChI is InChI=1S/C12H17BrClNO2S/c1-9(7-14)8-18(16,17)15-10(2)11-4-3-5-12(13)6-11/h3-6,9-10,15H,7-8H2,1-2H3/t9?,10-/m1/s1. The molecule has 0 spiro atoms. The second kappa shape index (κ2) is 6.89. The Morgan fingerprint density at radius 1 is 1.39 bits per heavy atom. The number of benzene rings is 1. The Kier molecular flexibility index (Phi) is 6.11. The minimum Gasteiger partial charge on any atom is -0.212 e. The molecule has 3 nitrogen and oxygen atoms in total. The monoisotopic (exact) mass is 353 g/mol. The van der Waals surface area contributed by atoms with E-state index in [-0.39, 0.29) is 17.7 Å². The van der Waals surface area contributed by atoms with Crippen molar-refractivity contribution in [2.75, 3.05) is 11.6 Å². The van der Waals surface area contributed by atoms with Gasteiger partial charge in [-0.2, -0.15) is 0 Å². The average Bonchev–Trinajstić information content (AvgIpc) is 2.27. The summed E-state index contributed by atoms with van der Waals surface area (Å²) in [5.74, 6) is 0.333. The van der Waals surface area contributed by atoms with Crippen molar-refractivity contribution in [3.8, 4) is 0 Å². The smallest absolute Gasteiger partial charge is 0.212 e. The minimum absolute atomic E-state index is 0.0504. The van der Waals surface area contributed by atoms with Gasteiger partial charge in [0.05, 0.1) is 5.75 Å². The number of rotatable bonds is 6. The Bertz CT molecular complexity index is 493. The molecule has 0 saturated heterocycles. The molecule has 0 aliphatic carbocycles. The summed E-state index contributed by atoms with van der Waals surface area (Å²) in [6.07, 6.45) is 0. The first kappa shape index (κ1) is 16.0. The van der Waals surface area contributed by atoms with Gasteiger partial charge >= 0.3 is 0 Å². The highest BCUT2D eigenvalue weighted by atomic mass is 79.9. The van der Waals surface area contributed by atoms with E-state index in [2.05, 4.69) is 20.7 Å². The van der Waals surface area contributed by atoms with Gasteiger partial charge in [-0.3, -0.25) is 0 Å². The van der Waals surface area contributed by atoms with Crippen molar-refractivity contribution in [2.45, 2.75) is 19.9 Å². The van der Waals surface area contributed by atoms with Gasteiger partial charge in [0, 0.05) is 16.4 Å². The van der Waals surface area contributed by atoms with E-state index in [1.54, 1.807) is 0 Å². The number of alkyl halides is 1. The van der Waals surface area contributed by atoms with Crippen LogP contribution >= 0.6 is 27.5 Å². The summed E-state index contributed by atoms with van der Waals surface area (Å²) in [4.78, 5) is 0. The molecule has 1 aromatic carbocycles. The highest BCUT2D eigenvalue weighted by molar-refractivity contribution is 9.10. The van der Waals surface area contributed by atoms with E-state index in [1.165, 1.54) is 0 Å². The van der Waals surface area contributed by atoms with Crippen molar-refractivity contribution in [2.24, 2.45) is 5.92 Å². The molecule has 6 heteroatoms. The molecule has 1 rings (SSSR count). The zero-order chi connectivity index (χ0) is 13.8. The Hall–Kier alpha value is -0.100. The van der Waals surface area contributed by atoms with Gasteiger partial charge in [-0.25, -0.2) is 13.1 Å². The Balaban J connectivity index is 2.72. The molecular formula is C12H17BrClNO2S. The summed E-state index contributed by atoms with van der Waals surface area (Å²) >= 11 is 9.00. The molecule has 0 aliphatic heterocycles. The number of hydrogen-bond acceptors (Lipinski definition) is 2. The summed E-state index contributed by atoms with van der Waals surface area (Å²) in [7, 11) is -3.30. The maximum absolute atomic E-state index is 11.9. The maximum atomic E-state index is 11.9. The van der Waals surface area contributed by atoms with Gasteiger partial charge in [-0.15, -0.1) is 11.6 Å². The van der Waals surface area contributed by atoms with Crippen molar-refractivity contribution in [1.82, 2.24) is 4.72 Å². The van der Waals surface area contributed by atoms with Crippen LogP contribution in [0.1, 0.15) is 25.5 Å². The first-order valence-corrected chi connectivity index (χ1v) is 8.63. The van der Waals surface area contributed by atoms with Crippen LogP contribution in [0.15, 0.2) is 28.7 Å². The van der Waals surface area contributed by atoms with Crippen molar-refractivity contribution in [3.05, 3.63) is 34.3 Å². The lowest BCUT2D eigenvalue weighted by atomic mass is 10.1. The summed E-state index contributed by atoms with van der Waals surface area (Å²) in [5.41, 5.74) is 0.923. The largest absolute Gasteiger partial charge is 0.212 e. The topological polar surface area (TPSA) is 46.2 Å². The Morgan fingerprint density at radius 3 is 2.61 bits per heavy atom. The third-order valence-electron chi connectivity index (χ3n) is 2.47. The molecule has 0 aliphatic rings. The molecule has 0 saturated carbocycles. The van der Waals surface area contributed by atoms with Crippen LogP contribution < -0.4 is 4.72 Å². The Morgan fingerprint density at radius 2 is 2.06 bits per heavy atom. The van der Waals surface area contributed by atoms with Crippen LogP contribution in [0, 0.1) is 5.92 Å². The van der Waals surface area contributed by atoms with Crippen LogP contribution in [0.25, 0.3) is 0 Å². The lowest BCUT2D eigenvalue weighted by molar-refractivity contribution is 0.555. The van der Waals surface area contributed by atoms with Crippen LogP contribution in [0.4, 0.5) is 0 Å². The molecule has 2 atom stereocenters. The average molecular weight is 355 g/mol. The SMILES string of the molecule is CC(CCl)CS(=O)(=O)N[C@H](C)c1cccc(Br)c1. The molecule has 0 aromatic heterocycles. The van der Waals surface area contributed by atoms with E-state index >= 15 is 0 Å². The number of hydrogen-bond donors (Lipinski definition) is 1. The number of halogens is 2. The molecule has 0 amide bonds. The fourth-order valence-corrected chi connectivity index (χ4v) is 3.87. The second-order valence-corrected chi connectivity index (χ2v) is 7.46. The van der Waals surface area contributed by atoms with Gasteiger partial charge in [0.25, 0.3) is 0 Å². The molecule has 0 radical (unpaired) electrons. The minimum atomic E-state index is -3.30. The Labute approximate surface area is 122 Å². The van der Waals surface area contributed by atoms with Crippen LogP contribution in [-0.4, -0.2) is 20.1 Å². The van der Waals surface area contributed by atoms with Crippen molar-refractivity contribution < 1.29 is 8.42 Å². The zero-order valence-corrected chi connectivity index (χ0v) is 13.5. The van der Waals surface area contributed by atoms with Gasteiger partial charge in [0.1, 0.15) is 0 Å². The van der Waals surface area contributed by atoms with Gasteiger partial charge in [-0.1, -0.05) is 35.0 Å². The lowest BCUT2D eigenvalue weighted by Gasteiger charge is -2.16. The molecule has 0 heterocycles. The number of sulfonamides is 1. The molecule has 18 heavy (non-hydrogen) atoms. The predicted molar refractivity (Wildman–Crippen MR) is 79.4 cm³/mol. The fourth-order valence-electron chi connectivity index (χ4n) is 1.58. The van der Waals surface area contributed by atoms with E-state index in [0.717, 1.165) is 10.0 Å². The van der Waals surface area contributed by atoms with Crippen molar-refractivity contribution in [3.63, 3.8) is 0 Å². The highest BCUT2D eigenvalue weighted by Gasteiger charge is 2.18. The summed E-state index contributed by atoms with van der Waals surface area (Å²) < 4.78 is 27.4. The molecule has 0 bridgehead atoms. The lowest BCUT2D eigenvalue weighted by Crippen LogP contribution is -2.31. The van der Waals surface area contributed by atoms with Crippen LogP contribution in [0.2, 0.25) is 0 Å². The molecule has 0 fully saturated rings. The molecule has 1 N–H and O–H groups in total. The molecule has 102 valence electrons. The third-order valence-corrected chi connectivity index (χ3v) is 5.21. The van der Waals surface area contributed by atoms with E-state index in [1.807, 2.05) is 38.1 Å². The second-order valence-electron chi connectivity index (χ2n) is 4.44. The maximum Gasteiger partial charge on any atom is 0.212 e. The highest BCUT2D eigenvalue weighted by Crippen LogP contribution is 2.18. The van der Waals surface area contributed by atoms with E-state index < -0.39 is 10.0 Å². The molecular weight excluding hydrogens is 338 g/mol. The van der Waals surface area contributed by atoms with Gasteiger partial charge in [0.2, 0.25) is 10.0 Å². The molecule has 1 aromatic rings. The quantitative estimate of drug-likeness (QED) is 0.797. The summed E-state index contributed by atoms with van der Waals surface area (Å²) in [5, 5.41) is 0. The summed E-state index contributed by atoms with van der Waals surface area (Å²) in [6, 6.07) is 7.32. The van der Waals surface area contributed by atoms with E-state index in [9.17, 15) is 8.42 Å². The van der Waals surface area contributed by atoms with Crippen molar-refractivity contribution in [1.29, 1.82) is 0 Å². The first-order valence-electron chi connectivity index (χ1n) is 5.65. The van der Waals surface area contributed by atoms with Gasteiger partial charge in [0.15, 0.2) is 0 Å². The molecule has 1 unspecified atom stereocenters. The first-order chi connectivity index (χ1) is 8.34. The van der Waals surface area contributed by atoms with Crippen molar-refractivity contribution >= 4 is 37.6 Å². The fraction of sp³-hybridized carbons (Fsp3) is 0.500. The third kappa shape index (κ3) is 5.26. The number of nitrogens with one attached hydrogen (secondary N) is 1. The van der Waals surface area contributed by atoms with Crippen LogP contribution in [-0.2, 0) is 10.0 Å².